The van der Waals surface area contributed by atoms with Crippen molar-refractivity contribution in [3.63, 3.8) is 0 Å². The number of nitrogens with zero attached hydrogens (tertiary/aromatic N) is 1. The highest BCUT2D eigenvalue weighted by molar-refractivity contribution is 5.80. The van der Waals surface area contributed by atoms with E-state index in [4.69, 9.17) is 9.47 Å². The first-order valence-corrected chi connectivity index (χ1v) is 10.3. The number of amides is 1. The number of benzene rings is 1. The van der Waals surface area contributed by atoms with Crippen LogP contribution in [0.2, 0.25) is 0 Å². The molecule has 1 amide bonds. The van der Waals surface area contributed by atoms with E-state index in [2.05, 4.69) is 31.0 Å². The standard InChI is InChI=1S/C22H36N2O5/c1-7-12-28-19-11-10-16(13-17(19)15-24(8-2)9-3)14-18(20(25)26)23-21(27)29-22(4,5)6/h10-11,13,18H,7-9,12,14-15H2,1-6H3,(H,23,27)(H,25,26). The first kappa shape index (κ1) is 24.8. The Bertz CT molecular complexity index is 666. The Morgan fingerprint density at radius 2 is 1.83 bits per heavy atom. The minimum atomic E-state index is -1.10. The number of hydrogen-bond acceptors (Lipinski definition) is 5. The molecule has 1 atom stereocenters. The molecule has 164 valence electrons. The Morgan fingerprint density at radius 1 is 1.17 bits per heavy atom. The molecule has 7 heteroatoms. The monoisotopic (exact) mass is 408 g/mol. The third-order valence-corrected chi connectivity index (χ3v) is 4.30. The summed E-state index contributed by atoms with van der Waals surface area (Å²) in [5, 5.41) is 12.0. The van der Waals surface area contributed by atoms with Crippen molar-refractivity contribution in [2.45, 2.75) is 72.6 Å². The van der Waals surface area contributed by atoms with Crippen molar-refractivity contribution >= 4 is 12.1 Å². The number of carbonyl (C=O) groups excluding carboxylic acids is 1. The molecule has 0 radical (unpaired) electrons. The van der Waals surface area contributed by atoms with Gasteiger partial charge in [-0.2, -0.15) is 0 Å². The van der Waals surface area contributed by atoms with Crippen molar-refractivity contribution in [2.75, 3.05) is 19.7 Å². The summed E-state index contributed by atoms with van der Waals surface area (Å²) in [4.78, 5) is 25.9. The molecule has 0 fully saturated rings. The lowest BCUT2D eigenvalue weighted by Gasteiger charge is -2.23. The van der Waals surface area contributed by atoms with E-state index in [1.807, 2.05) is 18.2 Å². The molecule has 1 rings (SSSR count). The Labute approximate surface area is 174 Å². The van der Waals surface area contributed by atoms with Crippen molar-refractivity contribution in [1.82, 2.24) is 10.2 Å². The maximum Gasteiger partial charge on any atom is 0.408 e. The zero-order valence-electron chi connectivity index (χ0n) is 18.6. The quantitative estimate of drug-likeness (QED) is 0.578. The van der Waals surface area contributed by atoms with Gasteiger partial charge in [-0.1, -0.05) is 32.9 Å². The molecule has 1 unspecified atom stereocenters. The van der Waals surface area contributed by atoms with Crippen LogP contribution < -0.4 is 10.1 Å². The van der Waals surface area contributed by atoms with E-state index in [9.17, 15) is 14.7 Å². The second-order valence-electron chi connectivity index (χ2n) is 7.99. The third kappa shape index (κ3) is 9.17. The van der Waals surface area contributed by atoms with Gasteiger partial charge in [-0.05, 0) is 51.9 Å². The Morgan fingerprint density at radius 3 is 2.34 bits per heavy atom. The Hall–Kier alpha value is -2.28. The molecule has 0 aliphatic carbocycles. The fraction of sp³-hybridized carbons (Fsp3) is 0.636. The van der Waals surface area contributed by atoms with Gasteiger partial charge in [0.05, 0.1) is 6.61 Å². The van der Waals surface area contributed by atoms with Crippen molar-refractivity contribution < 1.29 is 24.2 Å². The number of carboxylic acid groups (broad SMARTS) is 1. The van der Waals surface area contributed by atoms with Crippen molar-refractivity contribution in [3.8, 4) is 5.75 Å². The molecule has 0 saturated heterocycles. The zero-order chi connectivity index (χ0) is 22.0. The van der Waals surface area contributed by atoms with Crippen LogP contribution in [0.25, 0.3) is 0 Å². The van der Waals surface area contributed by atoms with E-state index >= 15 is 0 Å². The van der Waals surface area contributed by atoms with Crippen molar-refractivity contribution in [2.24, 2.45) is 0 Å². The lowest BCUT2D eigenvalue weighted by molar-refractivity contribution is -0.139. The average Bonchev–Trinajstić information content (AvgIpc) is 2.63. The summed E-state index contributed by atoms with van der Waals surface area (Å²) in [5.74, 6) is -0.290. The van der Waals surface area contributed by atoms with E-state index in [1.165, 1.54) is 0 Å². The van der Waals surface area contributed by atoms with Gasteiger partial charge in [0, 0.05) is 18.5 Å². The van der Waals surface area contributed by atoms with Crippen LogP contribution in [0.3, 0.4) is 0 Å². The van der Waals surface area contributed by atoms with Crippen molar-refractivity contribution in [3.05, 3.63) is 29.3 Å². The van der Waals surface area contributed by atoms with Crippen LogP contribution >= 0.6 is 0 Å². The summed E-state index contributed by atoms with van der Waals surface area (Å²) < 4.78 is 11.1. The zero-order valence-corrected chi connectivity index (χ0v) is 18.6. The lowest BCUT2D eigenvalue weighted by atomic mass is 10.0. The molecule has 0 heterocycles. The molecular formula is C22H36N2O5. The number of ether oxygens (including phenoxy) is 2. The normalized spacial score (nSPS) is 12.5. The Balaban J connectivity index is 3.01. The molecule has 0 bridgehead atoms. The van der Waals surface area contributed by atoms with Gasteiger partial charge < -0.3 is 19.9 Å². The molecule has 29 heavy (non-hydrogen) atoms. The molecule has 0 saturated carbocycles. The summed E-state index contributed by atoms with van der Waals surface area (Å²) in [6.07, 6.45) is 0.331. The van der Waals surface area contributed by atoms with E-state index in [-0.39, 0.29) is 6.42 Å². The van der Waals surface area contributed by atoms with Gasteiger partial charge in [0.25, 0.3) is 0 Å². The smallest absolute Gasteiger partial charge is 0.408 e. The highest BCUT2D eigenvalue weighted by atomic mass is 16.6. The highest BCUT2D eigenvalue weighted by Gasteiger charge is 2.24. The first-order chi connectivity index (χ1) is 13.6. The van der Waals surface area contributed by atoms with Crippen LogP contribution in [0, 0.1) is 0 Å². The van der Waals surface area contributed by atoms with Gasteiger partial charge in [0.2, 0.25) is 0 Å². The number of carboxylic acids is 1. The van der Waals surface area contributed by atoms with E-state index in [1.54, 1.807) is 20.8 Å². The lowest BCUT2D eigenvalue weighted by Crippen LogP contribution is -2.44. The maximum absolute atomic E-state index is 12.0. The van der Waals surface area contributed by atoms with E-state index in [0.29, 0.717) is 6.61 Å². The first-order valence-electron chi connectivity index (χ1n) is 10.3. The summed E-state index contributed by atoms with van der Waals surface area (Å²) in [6, 6.07) is 4.63. The highest BCUT2D eigenvalue weighted by Crippen LogP contribution is 2.23. The Kier molecular flexibility index (Phi) is 9.95. The molecule has 0 aromatic heterocycles. The molecule has 1 aromatic carbocycles. The molecule has 7 nitrogen and oxygen atoms in total. The SMILES string of the molecule is CCCOc1ccc(CC(NC(=O)OC(C)(C)C)C(=O)O)cc1CN(CC)CC. The predicted octanol–water partition coefficient (Wildman–Crippen LogP) is 3.84. The van der Waals surface area contributed by atoms with Gasteiger partial charge in [-0.3, -0.25) is 4.90 Å². The molecule has 0 aliphatic rings. The van der Waals surface area contributed by atoms with Gasteiger partial charge in [0.1, 0.15) is 17.4 Å². The van der Waals surface area contributed by atoms with Crippen LogP contribution in [0.4, 0.5) is 4.79 Å². The van der Waals surface area contributed by atoms with E-state index in [0.717, 1.165) is 42.9 Å². The van der Waals surface area contributed by atoms with Crippen LogP contribution in [0.1, 0.15) is 59.1 Å². The minimum Gasteiger partial charge on any atom is -0.493 e. The molecule has 1 aromatic rings. The molecular weight excluding hydrogens is 372 g/mol. The number of carbonyl (C=O) groups is 2. The van der Waals surface area contributed by atoms with E-state index < -0.39 is 23.7 Å². The summed E-state index contributed by atoms with van der Waals surface area (Å²) >= 11 is 0. The topological polar surface area (TPSA) is 88.1 Å². The number of rotatable bonds is 11. The van der Waals surface area contributed by atoms with Crippen molar-refractivity contribution in [1.29, 1.82) is 0 Å². The van der Waals surface area contributed by atoms with Gasteiger partial charge in [-0.25, -0.2) is 9.59 Å². The number of nitrogens with one attached hydrogen (secondary N) is 1. The predicted molar refractivity (Wildman–Crippen MR) is 113 cm³/mol. The van der Waals surface area contributed by atoms with Crippen LogP contribution in [-0.4, -0.2) is 53.4 Å². The summed E-state index contributed by atoms with van der Waals surface area (Å²) in [6.45, 7) is 14.6. The second-order valence-corrected chi connectivity index (χ2v) is 7.99. The van der Waals surface area contributed by atoms with Gasteiger partial charge >= 0.3 is 12.1 Å². The fourth-order valence-corrected chi connectivity index (χ4v) is 2.81. The largest absolute Gasteiger partial charge is 0.493 e. The number of aliphatic carboxylic acids is 1. The minimum absolute atomic E-state index is 0.161. The third-order valence-electron chi connectivity index (χ3n) is 4.30. The van der Waals surface area contributed by atoms with Gasteiger partial charge in [0.15, 0.2) is 0 Å². The van der Waals surface area contributed by atoms with Crippen LogP contribution in [0.5, 0.6) is 5.75 Å². The fourth-order valence-electron chi connectivity index (χ4n) is 2.81. The molecule has 0 aliphatic heterocycles. The average molecular weight is 409 g/mol. The van der Waals surface area contributed by atoms with Crippen LogP contribution in [-0.2, 0) is 22.5 Å². The number of alkyl carbamates (subject to hydrolysis) is 1. The molecule has 2 N–H and O–H groups in total. The molecule has 0 spiro atoms. The van der Waals surface area contributed by atoms with Crippen LogP contribution in [0.15, 0.2) is 18.2 Å². The number of hydrogen-bond donors (Lipinski definition) is 2. The maximum atomic E-state index is 12.0. The second kappa shape index (κ2) is 11.7. The summed E-state index contributed by atoms with van der Waals surface area (Å²) in [7, 11) is 0. The summed E-state index contributed by atoms with van der Waals surface area (Å²) in [5.41, 5.74) is 1.14. The van der Waals surface area contributed by atoms with Gasteiger partial charge in [-0.15, -0.1) is 0 Å².